The van der Waals surface area contributed by atoms with Crippen LogP contribution in [-0.4, -0.2) is 38.0 Å². The zero-order valence-corrected chi connectivity index (χ0v) is 20.3. The summed E-state index contributed by atoms with van der Waals surface area (Å²) >= 11 is 12.4. The summed E-state index contributed by atoms with van der Waals surface area (Å²) in [5, 5.41) is 11.8. The highest BCUT2D eigenvalue weighted by molar-refractivity contribution is 6.52. The molecule has 1 unspecified atom stereocenters. The van der Waals surface area contributed by atoms with Crippen molar-refractivity contribution in [1.82, 2.24) is 0 Å². The second kappa shape index (κ2) is 9.41. The van der Waals surface area contributed by atoms with Gasteiger partial charge in [-0.3, -0.25) is 14.5 Å². The van der Waals surface area contributed by atoms with Crippen LogP contribution in [0.1, 0.15) is 17.2 Å². The molecule has 8 heteroatoms. The van der Waals surface area contributed by atoms with Gasteiger partial charge >= 0.3 is 0 Å². The largest absolute Gasteiger partial charge is 0.507 e. The average Bonchev–Trinajstić information content (AvgIpc) is 3.09. The number of ketones is 1. The Labute approximate surface area is 207 Å². The number of amides is 1. The molecule has 1 atom stereocenters. The number of anilines is 2. The van der Waals surface area contributed by atoms with E-state index in [2.05, 4.69) is 0 Å². The third kappa shape index (κ3) is 4.11. The van der Waals surface area contributed by atoms with Crippen molar-refractivity contribution in [2.75, 3.05) is 31.0 Å². The summed E-state index contributed by atoms with van der Waals surface area (Å²) < 4.78 is 5.36. The van der Waals surface area contributed by atoms with Gasteiger partial charge in [-0.1, -0.05) is 53.5 Å². The third-order valence-electron chi connectivity index (χ3n) is 5.67. The zero-order valence-electron chi connectivity index (χ0n) is 18.8. The van der Waals surface area contributed by atoms with Gasteiger partial charge in [-0.25, -0.2) is 0 Å². The van der Waals surface area contributed by atoms with Crippen molar-refractivity contribution < 1.29 is 19.4 Å². The standard InChI is InChI=1S/C26H22Cl2N2O4/c1-29(2)17-9-11-18(12-10-17)30-22(15-7-5-4-6-8-15)21(24(32)26(30)33)23(31)19-13-16(27)14-20(28)25(19)34-3/h4-14,22,31H,1-3H3/b23-21+. The van der Waals surface area contributed by atoms with Crippen LogP contribution in [0.15, 0.2) is 72.3 Å². The molecule has 1 amide bonds. The predicted octanol–water partition coefficient (Wildman–Crippen LogP) is 5.69. The third-order valence-corrected chi connectivity index (χ3v) is 6.17. The molecule has 1 heterocycles. The molecule has 1 aliphatic heterocycles. The summed E-state index contributed by atoms with van der Waals surface area (Å²) in [6.07, 6.45) is 0. The van der Waals surface area contributed by atoms with Gasteiger partial charge in [0.25, 0.3) is 11.7 Å². The minimum Gasteiger partial charge on any atom is -0.507 e. The van der Waals surface area contributed by atoms with Gasteiger partial charge in [-0.15, -0.1) is 0 Å². The molecule has 0 spiro atoms. The summed E-state index contributed by atoms with van der Waals surface area (Å²) in [5.74, 6) is -1.83. The molecule has 1 fully saturated rings. The van der Waals surface area contributed by atoms with Gasteiger partial charge in [-0.2, -0.15) is 0 Å². The van der Waals surface area contributed by atoms with E-state index in [0.29, 0.717) is 11.3 Å². The summed E-state index contributed by atoms with van der Waals surface area (Å²) in [5.41, 5.74) is 2.17. The van der Waals surface area contributed by atoms with Crippen LogP contribution in [0, 0.1) is 0 Å². The number of Topliss-reactive ketones (excluding diaryl/α,β-unsaturated/α-hetero) is 1. The van der Waals surface area contributed by atoms with Crippen molar-refractivity contribution in [1.29, 1.82) is 0 Å². The van der Waals surface area contributed by atoms with Crippen molar-refractivity contribution in [2.45, 2.75) is 6.04 Å². The minimum absolute atomic E-state index is 0.0791. The maximum Gasteiger partial charge on any atom is 0.300 e. The first kappa shape index (κ1) is 23.7. The van der Waals surface area contributed by atoms with Crippen molar-refractivity contribution in [2.24, 2.45) is 0 Å². The van der Waals surface area contributed by atoms with Crippen LogP contribution >= 0.6 is 23.2 Å². The number of benzene rings is 3. The van der Waals surface area contributed by atoms with E-state index in [9.17, 15) is 14.7 Å². The minimum atomic E-state index is -0.867. The number of carbonyl (C=O) groups excluding carboxylic acids is 2. The second-order valence-corrected chi connectivity index (χ2v) is 8.80. The van der Waals surface area contributed by atoms with E-state index in [4.69, 9.17) is 27.9 Å². The Kier molecular flexibility index (Phi) is 6.55. The number of aliphatic hydroxyl groups is 1. The number of nitrogens with zero attached hydrogens (tertiary/aromatic N) is 2. The van der Waals surface area contributed by atoms with Gasteiger partial charge in [0, 0.05) is 30.5 Å². The maximum atomic E-state index is 13.3. The molecule has 6 nitrogen and oxygen atoms in total. The fourth-order valence-electron chi connectivity index (χ4n) is 4.05. The molecule has 3 aromatic carbocycles. The number of halogens is 2. The molecule has 0 saturated carbocycles. The van der Waals surface area contributed by atoms with Crippen molar-refractivity contribution >= 4 is 52.0 Å². The van der Waals surface area contributed by atoms with Crippen LogP contribution in [0.25, 0.3) is 5.76 Å². The first-order valence-corrected chi connectivity index (χ1v) is 11.2. The molecule has 174 valence electrons. The lowest BCUT2D eigenvalue weighted by Crippen LogP contribution is -2.29. The van der Waals surface area contributed by atoms with Crippen molar-refractivity contribution in [3.63, 3.8) is 0 Å². The Bertz CT molecular complexity index is 1290. The lowest BCUT2D eigenvalue weighted by Gasteiger charge is -2.26. The van der Waals surface area contributed by atoms with Gasteiger partial charge < -0.3 is 14.7 Å². The van der Waals surface area contributed by atoms with Gasteiger partial charge in [0.1, 0.15) is 11.5 Å². The Morgan fingerprint density at radius 3 is 2.24 bits per heavy atom. The van der Waals surface area contributed by atoms with Crippen LogP contribution in [-0.2, 0) is 9.59 Å². The number of methoxy groups -OCH3 is 1. The van der Waals surface area contributed by atoms with E-state index in [1.807, 2.05) is 37.2 Å². The Hall–Kier alpha value is -3.48. The summed E-state index contributed by atoms with van der Waals surface area (Å²) in [6, 6.07) is 18.4. The maximum absolute atomic E-state index is 13.3. The highest BCUT2D eigenvalue weighted by Gasteiger charge is 2.47. The van der Waals surface area contributed by atoms with Crippen LogP contribution in [0.5, 0.6) is 5.75 Å². The van der Waals surface area contributed by atoms with Crippen molar-refractivity contribution in [3.05, 3.63) is 93.5 Å². The van der Waals surface area contributed by atoms with Gasteiger partial charge in [-0.05, 0) is 42.0 Å². The van der Waals surface area contributed by atoms with Crippen LogP contribution < -0.4 is 14.5 Å². The lowest BCUT2D eigenvalue weighted by atomic mass is 9.95. The Balaban J connectivity index is 1.96. The smallest absolute Gasteiger partial charge is 0.300 e. The second-order valence-electron chi connectivity index (χ2n) is 7.96. The molecule has 3 aromatic rings. The topological polar surface area (TPSA) is 70.1 Å². The molecule has 0 aliphatic carbocycles. The van der Waals surface area contributed by atoms with E-state index in [1.54, 1.807) is 36.4 Å². The molecular weight excluding hydrogens is 475 g/mol. The fraction of sp³-hybridized carbons (Fsp3) is 0.154. The van der Waals surface area contributed by atoms with E-state index >= 15 is 0 Å². The molecule has 1 aliphatic rings. The first-order valence-electron chi connectivity index (χ1n) is 10.4. The quantitative estimate of drug-likeness (QED) is 0.279. The summed E-state index contributed by atoms with van der Waals surface area (Å²) in [7, 11) is 5.22. The zero-order chi connectivity index (χ0) is 24.6. The molecule has 0 aromatic heterocycles. The highest BCUT2D eigenvalue weighted by atomic mass is 35.5. The fourth-order valence-corrected chi connectivity index (χ4v) is 4.62. The van der Waals surface area contributed by atoms with Gasteiger partial charge in [0.05, 0.1) is 29.3 Å². The molecular formula is C26H22Cl2N2O4. The first-order chi connectivity index (χ1) is 16.2. The number of hydrogen-bond donors (Lipinski definition) is 1. The number of ether oxygens (including phenoxy) is 1. The molecule has 0 bridgehead atoms. The highest BCUT2D eigenvalue weighted by Crippen LogP contribution is 2.45. The molecule has 34 heavy (non-hydrogen) atoms. The number of carbonyl (C=O) groups is 2. The molecule has 1 saturated heterocycles. The summed E-state index contributed by atoms with van der Waals surface area (Å²) in [6.45, 7) is 0. The monoisotopic (exact) mass is 496 g/mol. The van der Waals surface area contributed by atoms with Gasteiger partial charge in [0.2, 0.25) is 0 Å². The van der Waals surface area contributed by atoms with Crippen LogP contribution in [0.4, 0.5) is 11.4 Å². The number of rotatable bonds is 5. The number of hydrogen-bond acceptors (Lipinski definition) is 5. The van der Waals surface area contributed by atoms with Gasteiger partial charge in [0.15, 0.2) is 0 Å². The SMILES string of the molecule is COc1c(Cl)cc(Cl)cc1/C(O)=C1\C(=O)C(=O)N(c2ccc(N(C)C)cc2)C1c1ccccc1. The Morgan fingerprint density at radius 1 is 1.00 bits per heavy atom. The molecule has 0 radical (unpaired) electrons. The van der Waals surface area contributed by atoms with E-state index in [1.165, 1.54) is 24.1 Å². The van der Waals surface area contributed by atoms with E-state index in [0.717, 1.165) is 5.69 Å². The Morgan fingerprint density at radius 2 is 1.65 bits per heavy atom. The normalized spacial score (nSPS) is 17.2. The predicted molar refractivity (Wildman–Crippen MR) is 135 cm³/mol. The summed E-state index contributed by atoms with van der Waals surface area (Å²) in [4.78, 5) is 29.9. The number of aliphatic hydroxyl groups excluding tert-OH is 1. The van der Waals surface area contributed by atoms with E-state index in [-0.39, 0.29) is 26.9 Å². The average molecular weight is 497 g/mol. The van der Waals surface area contributed by atoms with E-state index < -0.39 is 23.5 Å². The molecule has 1 N–H and O–H groups in total. The lowest BCUT2D eigenvalue weighted by molar-refractivity contribution is -0.132. The van der Waals surface area contributed by atoms with Crippen molar-refractivity contribution in [3.8, 4) is 5.75 Å². The molecule has 4 rings (SSSR count). The van der Waals surface area contributed by atoms with Crippen LogP contribution in [0.3, 0.4) is 0 Å². The van der Waals surface area contributed by atoms with Crippen LogP contribution in [0.2, 0.25) is 10.0 Å².